The average molecular weight is 422 g/mol. The van der Waals surface area contributed by atoms with Crippen LogP contribution < -0.4 is 0 Å². The number of hydrogen-bond acceptors (Lipinski definition) is 1. The zero-order valence-electron chi connectivity index (χ0n) is 19.3. The highest BCUT2D eigenvalue weighted by Crippen LogP contribution is 2.53. The van der Waals surface area contributed by atoms with Gasteiger partial charge in [0.25, 0.3) is 0 Å². The summed E-state index contributed by atoms with van der Waals surface area (Å²) in [6, 6.07) is 20.0. The first-order chi connectivity index (χ1) is 15.5. The fraction of sp³-hybridized carbons (Fsp3) is 0.400. The van der Waals surface area contributed by atoms with E-state index in [1.807, 2.05) is 0 Å². The minimum Gasteiger partial charge on any atom is -0.456 e. The fourth-order valence-electron chi connectivity index (χ4n) is 7.86. The molecule has 2 heterocycles. The lowest BCUT2D eigenvalue weighted by Gasteiger charge is -2.48. The Balaban J connectivity index is 1.58. The summed E-state index contributed by atoms with van der Waals surface area (Å²) in [6.07, 6.45) is 6.92. The van der Waals surface area contributed by atoms with Crippen LogP contribution in [0.25, 0.3) is 43.7 Å². The first-order valence-corrected chi connectivity index (χ1v) is 12.3. The Kier molecular flexibility index (Phi) is 3.76. The van der Waals surface area contributed by atoms with E-state index >= 15 is 0 Å². The Morgan fingerprint density at radius 2 is 1.53 bits per heavy atom. The molecule has 0 radical (unpaired) electrons. The van der Waals surface area contributed by atoms with E-state index in [1.165, 1.54) is 64.7 Å². The van der Waals surface area contributed by atoms with Crippen LogP contribution in [0.5, 0.6) is 0 Å². The molecular weight excluding hydrogens is 390 g/mol. The van der Waals surface area contributed by atoms with Crippen molar-refractivity contribution in [3.63, 3.8) is 0 Å². The van der Waals surface area contributed by atoms with Crippen LogP contribution in [0.1, 0.15) is 51.5 Å². The van der Waals surface area contributed by atoms with Crippen molar-refractivity contribution in [2.45, 2.75) is 51.4 Å². The number of para-hydroxylation sites is 1. The third-order valence-corrected chi connectivity index (χ3v) is 8.80. The highest BCUT2D eigenvalue weighted by atomic mass is 16.3. The van der Waals surface area contributed by atoms with Gasteiger partial charge in [0, 0.05) is 39.6 Å². The Labute approximate surface area is 189 Å². The molecule has 162 valence electrons. The van der Waals surface area contributed by atoms with E-state index in [4.69, 9.17) is 4.42 Å². The van der Waals surface area contributed by atoms with Crippen LogP contribution in [0.2, 0.25) is 0 Å². The lowest BCUT2D eigenvalue weighted by Crippen LogP contribution is -2.38. The maximum absolute atomic E-state index is 6.29. The molecule has 2 aliphatic carbocycles. The standard InChI is InChI=1S/C30H31NO/c1-18-13-19-15-20(14-18)17-30(2,16-19)22-8-6-9-23-28(22)29-24(31(23)3)11-12-26-27(29)21-7-4-5-10-25(21)32-26/h4-12,18-20H,13-17H2,1-3H3. The Morgan fingerprint density at radius 1 is 0.781 bits per heavy atom. The number of nitrogens with zero attached hydrogens (tertiary/aromatic N) is 1. The van der Waals surface area contributed by atoms with Crippen LogP contribution in [0, 0.1) is 17.8 Å². The Bertz CT molecular complexity index is 1500. The molecule has 2 atom stereocenters. The molecule has 0 amide bonds. The number of aryl methyl sites for hydroxylation is 1. The molecule has 3 aromatic carbocycles. The zero-order chi connectivity index (χ0) is 21.6. The van der Waals surface area contributed by atoms with E-state index in [0.29, 0.717) is 0 Å². The largest absolute Gasteiger partial charge is 0.456 e. The molecule has 2 bridgehead atoms. The summed E-state index contributed by atoms with van der Waals surface area (Å²) in [7, 11) is 2.22. The number of rotatable bonds is 1. The quantitative estimate of drug-likeness (QED) is 0.266. The van der Waals surface area contributed by atoms with E-state index in [2.05, 4.69) is 80.1 Å². The number of benzene rings is 3. The van der Waals surface area contributed by atoms with E-state index in [-0.39, 0.29) is 5.41 Å². The van der Waals surface area contributed by atoms with Crippen molar-refractivity contribution in [3.05, 3.63) is 60.2 Å². The molecule has 5 aromatic rings. The van der Waals surface area contributed by atoms with Crippen LogP contribution in [0.4, 0.5) is 0 Å². The molecule has 2 fully saturated rings. The van der Waals surface area contributed by atoms with Gasteiger partial charge in [0.1, 0.15) is 11.2 Å². The fourth-order valence-corrected chi connectivity index (χ4v) is 7.86. The van der Waals surface area contributed by atoms with Gasteiger partial charge in [-0.15, -0.1) is 0 Å². The first-order valence-electron chi connectivity index (χ1n) is 12.3. The molecule has 2 aliphatic rings. The second-order valence-electron chi connectivity index (χ2n) is 11.2. The minimum absolute atomic E-state index is 0.239. The summed E-state index contributed by atoms with van der Waals surface area (Å²) in [4.78, 5) is 0. The summed E-state index contributed by atoms with van der Waals surface area (Å²) in [5.41, 5.74) is 6.43. The Morgan fingerprint density at radius 3 is 2.34 bits per heavy atom. The summed E-state index contributed by atoms with van der Waals surface area (Å²) < 4.78 is 8.69. The molecule has 0 spiro atoms. The van der Waals surface area contributed by atoms with Crippen molar-refractivity contribution in [1.29, 1.82) is 0 Å². The lowest BCUT2D eigenvalue weighted by molar-refractivity contribution is 0.0906. The predicted octanol–water partition coefficient (Wildman–Crippen LogP) is 8.33. The van der Waals surface area contributed by atoms with E-state index < -0.39 is 0 Å². The topological polar surface area (TPSA) is 18.1 Å². The summed E-state index contributed by atoms with van der Waals surface area (Å²) >= 11 is 0. The second-order valence-corrected chi connectivity index (χ2v) is 11.2. The highest BCUT2D eigenvalue weighted by Gasteiger charge is 2.42. The van der Waals surface area contributed by atoms with Crippen molar-refractivity contribution in [2.24, 2.45) is 24.8 Å². The molecular formula is C30H31NO. The molecule has 2 aromatic heterocycles. The van der Waals surface area contributed by atoms with Gasteiger partial charge in [-0.3, -0.25) is 0 Å². The van der Waals surface area contributed by atoms with Gasteiger partial charge in [0.05, 0.1) is 0 Å². The van der Waals surface area contributed by atoms with Crippen molar-refractivity contribution in [1.82, 2.24) is 4.57 Å². The maximum Gasteiger partial charge on any atom is 0.136 e. The predicted molar refractivity (Wildman–Crippen MR) is 134 cm³/mol. The molecule has 2 heteroatoms. The summed E-state index contributed by atoms with van der Waals surface area (Å²) in [5, 5.41) is 5.35. The van der Waals surface area contributed by atoms with Crippen LogP contribution in [0.3, 0.4) is 0 Å². The smallest absolute Gasteiger partial charge is 0.136 e. The molecule has 7 rings (SSSR count). The summed E-state index contributed by atoms with van der Waals surface area (Å²) in [6.45, 7) is 5.03. The normalized spacial score (nSPS) is 28.3. The first kappa shape index (κ1) is 18.8. The molecule has 2 saturated carbocycles. The molecule has 2 unspecified atom stereocenters. The number of aromatic nitrogens is 1. The monoisotopic (exact) mass is 421 g/mol. The second kappa shape index (κ2) is 6.41. The number of hydrogen-bond donors (Lipinski definition) is 0. The van der Waals surface area contributed by atoms with Crippen molar-refractivity contribution < 1.29 is 4.42 Å². The maximum atomic E-state index is 6.29. The van der Waals surface area contributed by atoms with Crippen molar-refractivity contribution >= 4 is 43.7 Å². The highest BCUT2D eigenvalue weighted by molar-refractivity contribution is 6.27. The lowest BCUT2D eigenvalue weighted by atomic mass is 9.57. The number of furan rings is 1. The molecule has 2 nitrogen and oxygen atoms in total. The third kappa shape index (κ3) is 2.47. The van der Waals surface area contributed by atoms with Crippen molar-refractivity contribution in [3.8, 4) is 0 Å². The van der Waals surface area contributed by atoms with Crippen molar-refractivity contribution in [2.75, 3.05) is 0 Å². The van der Waals surface area contributed by atoms with Gasteiger partial charge in [-0.05, 0) is 85.1 Å². The van der Waals surface area contributed by atoms with Gasteiger partial charge in [0.15, 0.2) is 0 Å². The average Bonchev–Trinajstić information content (AvgIpc) is 3.28. The summed E-state index contributed by atoms with van der Waals surface area (Å²) in [5.74, 6) is 2.65. The zero-order valence-corrected chi connectivity index (χ0v) is 19.3. The van der Waals surface area contributed by atoms with E-state index in [1.54, 1.807) is 5.56 Å². The van der Waals surface area contributed by atoms with Gasteiger partial charge in [-0.1, -0.05) is 44.2 Å². The van der Waals surface area contributed by atoms with E-state index in [0.717, 1.165) is 28.9 Å². The number of fused-ring (bicyclic) bond motifs is 9. The van der Waals surface area contributed by atoms with Gasteiger partial charge in [0.2, 0.25) is 0 Å². The third-order valence-electron chi connectivity index (χ3n) is 8.80. The molecule has 0 aliphatic heterocycles. The minimum atomic E-state index is 0.239. The SMILES string of the molecule is CC1CC2CC(C1)CC(C)(c1cccc3c1c1c4c(ccc1n3C)oc1ccccc14)C2. The van der Waals surface area contributed by atoms with Crippen LogP contribution >= 0.6 is 0 Å². The van der Waals surface area contributed by atoms with Gasteiger partial charge < -0.3 is 8.98 Å². The van der Waals surface area contributed by atoms with Crippen LogP contribution in [-0.2, 0) is 12.5 Å². The van der Waals surface area contributed by atoms with Crippen LogP contribution in [0.15, 0.2) is 59.0 Å². The van der Waals surface area contributed by atoms with Gasteiger partial charge in [-0.2, -0.15) is 0 Å². The van der Waals surface area contributed by atoms with E-state index in [9.17, 15) is 0 Å². The van der Waals surface area contributed by atoms with Gasteiger partial charge >= 0.3 is 0 Å². The van der Waals surface area contributed by atoms with Gasteiger partial charge in [-0.25, -0.2) is 0 Å². The molecule has 32 heavy (non-hydrogen) atoms. The van der Waals surface area contributed by atoms with Crippen LogP contribution in [-0.4, -0.2) is 4.57 Å². The molecule has 0 saturated heterocycles. The Hall–Kier alpha value is -2.74. The molecule has 0 N–H and O–H groups in total.